The van der Waals surface area contributed by atoms with E-state index in [4.69, 9.17) is 9.47 Å². The van der Waals surface area contributed by atoms with Gasteiger partial charge in [-0.3, -0.25) is 0 Å². The van der Waals surface area contributed by atoms with E-state index >= 15 is 0 Å². The summed E-state index contributed by atoms with van der Waals surface area (Å²) in [6.45, 7) is 1.68. The van der Waals surface area contributed by atoms with Crippen LogP contribution in [0.4, 0.5) is 0 Å². The molecule has 1 aromatic rings. The van der Waals surface area contributed by atoms with Gasteiger partial charge < -0.3 is 9.47 Å². The lowest BCUT2D eigenvalue weighted by atomic mass is 10.00. The minimum Gasteiger partial charge on any atom is -0.353 e. The fourth-order valence-electron chi connectivity index (χ4n) is 2.41. The Morgan fingerprint density at radius 1 is 1.11 bits per heavy atom. The maximum Gasteiger partial charge on any atom is 0.157 e. The van der Waals surface area contributed by atoms with E-state index in [0.717, 1.165) is 38.0 Å². The van der Waals surface area contributed by atoms with Crippen molar-refractivity contribution in [1.29, 1.82) is 0 Å². The van der Waals surface area contributed by atoms with Crippen LogP contribution < -0.4 is 0 Å². The molecule has 1 saturated carbocycles. The third-order valence-electron chi connectivity index (χ3n) is 3.85. The molecule has 0 amide bonds. The fourth-order valence-corrected chi connectivity index (χ4v) is 2.41. The van der Waals surface area contributed by atoms with Gasteiger partial charge >= 0.3 is 0 Å². The minimum absolute atomic E-state index is 0.00440. The second kappa shape index (κ2) is 5.77. The molecule has 2 heteroatoms. The zero-order chi connectivity index (χ0) is 13.0. The van der Waals surface area contributed by atoms with E-state index in [1.165, 1.54) is 12.8 Å². The Kier molecular flexibility index (Phi) is 3.87. The van der Waals surface area contributed by atoms with Crippen molar-refractivity contribution in [2.24, 2.45) is 5.41 Å². The molecule has 2 fully saturated rings. The molecule has 0 spiro atoms. The Hall–Kier alpha value is -1.30. The quantitative estimate of drug-likeness (QED) is 0.772. The summed E-state index contributed by atoms with van der Waals surface area (Å²) >= 11 is 0. The smallest absolute Gasteiger partial charge is 0.157 e. The van der Waals surface area contributed by atoms with Crippen molar-refractivity contribution in [3.63, 3.8) is 0 Å². The Labute approximate surface area is 115 Å². The van der Waals surface area contributed by atoms with E-state index in [0.29, 0.717) is 0 Å². The molecule has 100 valence electrons. The van der Waals surface area contributed by atoms with Crippen molar-refractivity contribution in [1.82, 2.24) is 0 Å². The summed E-state index contributed by atoms with van der Waals surface area (Å²) in [7, 11) is 0. The average Bonchev–Trinajstić information content (AvgIpc) is 3.26. The fraction of sp³-hybridized carbons (Fsp3) is 0.529. The molecule has 0 bridgehead atoms. The highest BCUT2D eigenvalue weighted by molar-refractivity contribution is 5.36. The molecule has 19 heavy (non-hydrogen) atoms. The summed E-state index contributed by atoms with van der Waals surface area (Å²) in [4.78, 5) is 0. The van der Waals surface area contributed by atoms with Crippen molar-refractivity contribution >= 4 is 0 Å². The Bertz CT molecular complexity index is 459. The molecule has 0 N–H and O–H groups in total. The molecule has 1 aliphatic carbocycles. The Morgan fingerprint density at radius 3 is 2.53 bits per heavy atom. The zero-order valence-corrected chi connectivity index (χ0v) is 11.2. The molecule has 1 saturated heterocycles. The van der Waals surface area contributed by atoms with Crippen LogP contribution in [-0.4, -0.2) is 19.5 Å². The van der Waals surface area contributed by atoms with Crippen molar-refractivity contribution < 1.29 is 9.47 Å². The molecule has 1 heterocycles. The van der Waals surface area contributed by atoms with Crippen LogP contribution in [0.15, 0.2) is 30.3 Å². The third kappa shape index (κ3) is 3.59. The SMILES string of the molecule is C(#CC1(CCC2OCCCO2)CC1)c1ccccc1. The predicted molar refractivity (Wildman–Crippen MR) is 74.5 cm³/mol. The molecular formula is C17H20O2. The summed E-state index contributed by atoms with van der Waals surface area (Å²) in [5.41, 5.74) is 1.35. The van der Waals surface area contributed by atoms with Crippen LogP contribution in [0.25, 0.3) is 0 Å². The number of hydrogen-bond acceptors (Lipinski definition) is 2. The van der Waals surface area contributed by atoms with Crippen LogP contribution in [0.3, 0.4) is 0 Å². The van der Waals surface area contributed by atoms with Gasteiger partial charge in [0.25, 0.3) is 0 Å². The van der Waals surface area contributed by atoms with Crippen LogP contribution in [-0.2, 0) is 9.47 Å². The lowest BCUT2D eigenvalue weighted by Crippen LogP contribution is -2.25. The molecule has 2 aliphatic rings. The lowest BCUT2D eigenvalue weighted by Gasteiger charge is -2.24. The third-order valence-corrected chi connectivity index (χ3v) is 3.85. The molecule has 0 unspecified atom stereocenters. The number of hydrogen-bond donors (Lipinski definition) is 0. The van der Waals surface area contributed by atoms with Crippen LogP contribution in [0.2, 0.25) is 0 Å². The largest absolute Gasteiger partial charge is 0.353 e. The summed E-state index contributed by atoms with van der Waals surface area (Å²) in [6, 6.07) is 10.2. The van der Waals surface area contributed by atoms with Gasteiger partial charge in [0.15, 0.2) is 6.29 Å². The lowest BCUT2D eigenvalue weighted by molar-refractivity contribution is -0.182. The van der Waals surface area contributed by atoms with Crippen molar-refractivity contribution in [2.45, 2.75) is 38.4 Å². The first-order valence-corrected chi connectivity index (χ1v) is 7.18. The van der Waals surface area contributed by atoms with Gasteiger partial charge in [-0.05, 0) is 44.2 Å². The minimum atomic E-state index is 0.00440. The van der Waals surface area contributed by atoms with Gasteiger partial charge in [0, 0.05) is 11.0 Å². The van der Waals surface area contributed by atoms with Gasteiger partial charge in [0.2, 0.25) is 0 Å². The van der Waals surface area contributed by atoms with Crippen LogP contribution in [0, 0.1) is 17.3 Å². The van der Waals surface area contributed by atoms with Crippen LogP contribution in [0.5, 0.6) is 0 Å². The van der Waals surface area contributed by atoms with Gasteiger partial charge in [0.05, 0.1) is 13.2 Å². The zero-order valence-electron chi connectivity index (χ0n) is 11.2. The van der Waals surface area contributed by atoms with E-state index in [1.807, 2.05) is 18.2 Å². The number of rotatable bonds is 3. The normalized spacial score (nSPS) is 21.5. The standard InChI is InChI=1S/C17H20O2/c1-2-5-15(6-3-1)7-9-17(11-12-17)10-8-16-18-13-4-14-19-16/h1-3,5-6,16H,4,8,10-14H2. The predicted octanol–water partition coefficient (Wildman–Crippen LogP) is 3.36. The van der Waals surface area contributed by atoms with Crippen molar-refractivity contribution in [3.8, 4) is 11.8 Å². The molecule has 2 nitrogen and oxygen atoms in total. The molecule has 0 radical (unpaired) electrons. The highest BCUT2D eigenvalue weighted by Gasteiger charge is 2.41. The number of benzene rings is 1. The maximum atomic E-state index is 5.59. The highest BCUT2D eigenvalue weighted by Crippen LogP contribution is 2.49. The van der Waals surface area contributed by atoms with Gasteiger partial charge in [-0.15, -0.1) is 0 Å². The average molecular weight is 256 g/mol. The number of ether oxygens (including phenoxy) is 2. The van der Waals surface area contributed by atoms with E-state index in [-0.39, 0.29) is 11.7 Å². The first-order valence-electron chi connectivity index (χ1n) is 7.18. The first-order chi connectivity index (χ1) is 9.36. The molecule has 0 atom stereocenters. The first kappa shape index (κ1) is 12.7. The highest BCUT2D eigenvalue weighted by atomic mass is 16.7. The monoisotopic (exact) mass is 256 g/mol. The summed E-state index contributed by atoms with van der Waals surface area (Å²) < 4.78 is 11.2. The van der Waals surface area contributed by atoms with Crippen LogP contribution in [0.1, 0.15) is 37.7 Å². The van der Waals surface area contributed by atoms with Crippen LogP contribution >= 0.6 is 0 Å². The van der Waals surface area contributed by atoms with E-state index in [1.54, 1.807) is 0 Å². The topological polar surface area (TPSA) is 18.5 Å². The Balaban J connectivity index is 1.54. The second-order valence-corrected chi connectivity index (χ2v) is 5.46. The second-order valence-electron chi connectivity index (χ2n) is 5.46. The molecule has 3 rings (SSSR count). The molecular weight excluding hydrogens is 236 g/mol. The van der Waals surface area contributed by atoms with E-state index < -0.39 is 0 Å². The van der Waals surface area contributed by atoms with E-state index in [9.17, 15) is 0 Å². The van der Waals surface area contributed by atoms with E-state index in [2.05, 4.69) is 24.0 Å². The summed E-state index contributed by atoms with van der Waals surface area (Å²) in [5.74, 6) is 6.77. The van der Waals surface area contributed by atoms with Gasteiger partial charge in [-0.25, -0.2) is 0 Å². The maximum absolute atomic E-state index is 5.59. The summed E-state index contributed by atoms with van der Waals surface area (Å²) in [5, 5.41) is 0. The van der Waals surface area contributed by atoms with Gasteiger partial charge in [-0.2, -0.15) is 0 Å². The Morgan fingerprint density at radius 2 is 1.84 bits per heavy atom. The van der Waals surface area contributed by atoms with Crippen molar-refractivity contribution in [3.05, 3.63) is 35.9 Å². The van der Waals surface area contributed by atoms with Crippen molar-refractivity contribution in [2.75, 3.05) is 13.2 Å². The van der Waals surface area contributed by atoms with Gasteiger partial charge in [0.1, 0.15) is 0 Å². The molecule has 0 aromatic heterocycles. The van der Waals surface area contributed by atoms with Gasteiger partial charge in [-0.1, -0.05) is 30.0 Å². The molecule has 1 aromatic carbocycles. The summed E-state index contributed by atoms with van der Waals surface area (Å²) in [6.07, 6.45) is 5.54. The molecule has 1 aliphatic heterocycles.